The summed E-state index contributed by atoms with van der Waals surface area (Å²) in [7, 11) is 1.36. The van der Waals surface area contributed by atoms with E-state index in [2.05, 4.69) is 10.3 Å². The van der Waals surface area contributed by atoms with Crippen molar-refractivity contribution in [3.05, 3.63) is 47.2 Å². The Hall–Kier alpha value is -2.55. The van der Waals surface area contributed by atoms with Crippen LogP contribution in [0, 0.1) is 13.8 Å². The quantitative estimate of drug-likeness (QED) is 0.744. The van der Waals surface area contributed by atoms with Gasteiger partial charge in [0.15, 0.2) is 5.11 Å². The summed E-state index contributed by atoms with van der Waals surface area (Å²) in [6.07, 6.45) is -4.42. The first-order valence-electron chi connectivity index (χ1n) is 9.18. The maximum absolute atomic E-state index is 13.2. The Morgan fingerprint density at radius 1 is 1.07 bits per heavy atom. The number of anilines is 2. The third kappa shape index (κ3) is 5.29. The number of alkyl halides is 3. The largest absolute Gasteiger partial charge is 0.497 e. The fourth-order valence-electron chi connectivity index (χ4n) is 3.31. The number of benzene rings is 1. The monoisotopic (exact) mass is 424 g/mol. The van der Waals surface area contributed by atoms with E-state index >= 15 is 0 Å². The Morgan fingerprint density at radius 2 is 1.76 bits per heavy atom. The molecule has 1 aliphatic heterocycles. The van der Waals surface area contributed by atoms with Gasteiger partial charge in [-0.1, -0.05) is 0 Å². The second-order valence-electron chi connectivity index (χ2n) is 6.99. The second kappa shape index (κ2) is 8.44. The zero-order chi connectivity index (χ0) is 21.2. The van der Waals surface area contributed by atoms with Gasteiger partial charge in [0.05, 0.1) is 12.7 Å². The first kappa shape index (κ1) is 21.2. The lowest BCUT2D eigenvalue weighted by Crippen LogP contribution is -2.50. The summed E-state index contributed by atoms with van der Waals surface area (Å²) in [4.78, 5) is 8.33. The van der Waals surface area contributed by atoms with E-state index in [0.29, 0.717) is 42.8 Å². The van der Waals surface area contributed by atoms with E-state index in [-0.39, 0.29) is 5.75 Å². The highest BCUT2D eigenvalue weighted by atomic mass is 32.1. The van der Waals surface area contributed by atoms with Crippen molar-refractivity contribution < 1.29 is 17.9 Å². The lowest BCUT2D eigenvalue weighted by Gasteiger charge is -2.37. The normalized spacial score (nSPS) is 14.7. The number of nitrogens with zero attached hydrogens (tertiary/aromatic N) is 3. The van der Waals surface area contributed by atoms with Crippen molar-refractivity contribution in [2.24, 2.45) is 0 Å². The second-order valence-corrected chi connectivity index (χ2v) is 7.38. The van der Waals surface area contributed by atoms with Gasteiger partial charge in [-0.3, -0.25) is 0 Å². The van der Waals surface area contributed by atoms with Crippen LogP contribution >= 0.6 is 12.2 Å². The molecular weight excluding hydrogens is 401 g/mol. The number of ether oxygens (including phenoxy) is 1. The van der Waals surface area contributed by atoms with E-state index in [1.165, 1.54) is 7.11 Å². The van der Waals surface area contributed by atoms with Gasteiger partial charge < -0.3 is 19.9 Å². The number of aryl methyl sites for hydroxylation is 2. The van der Waals surface area contributed by atoms with E-state index in [1.807, 2.05) is 35.8 Å². The van der Waals surface area contributed by atoms with Gasteiger partial charge in [0.2, 0.25) is 0 Å². The van der Waals surface area contributed by atoms with E-state index in [1.54, 1.807) is 6.07 Å². The summed E-state index contributed by atoms with van der Waals surface area (Å²) >= 11 is 5.49. The van der Waals surface area contributed by atoms with Crippen LogP contribution in [-0.2, 0) is 6.18 Å². The molecule has 1 N–H and O–H groups in total. The molecule has 9 heteroatoms. The molecule has 156 valence electrons. The predicted octanol–water partition coefficient (Wildman–Crippen LogP) is 4.24. The standard InChI is InChI=1S/C20H23F3N4OS/c1-13-8-14(2)24-18(9-13)25-19(29)27-6-4-26(5-7-27)16-10-15(20(21,22)23)11-17(12-16)28-3/h8-12H,4-7H2,1-3H3,(H,24,25,29). The first-order chi connectivity index (χ1) is 13.7. The molecule has 0 amide bonds. The molecule has 5 nitrogen and oxygen atoms in total. The number of thiocarbonyl (C=S) groups is 1. The van der Waals surface area contributed by atoms with Crippen LogP contribution in [0.25, 0.3) is 0 Å². The molecule has 2 heterocycles. The molecule has 3 rings (SSSR count). The molecule has 1 fully saturated rings. The number of piperazine rings is 1. The van der Waals surface area contributed by atoms with Crippen molar-refractivity contribution in [2.45, 2.75) is 20.0 Å². The van der Waals surface area contributed by atoms with E-state index in [9.17, 15) is 13.2 Å². The van der Waals surface area contributed by atoms with Crippen molar-refractivity contribution in [1.82, 2.24) is 9.88 Å². The summed E-state index contributed by atoms with van der Waals surface area (Å²) < 4.78 is 44.6. The van der Waals surface area contributed by atoms with E-state index in [0.717, 1.165) is 23.4 Å². The van der Waals surface area contributed by atoms with Crippen LogP contribution in [0.3, 0.4) is 0 Å². The lowest BCUT2D eigenvalue weighted by atomic mass is 10.1. The number of rotatable bonds is 3. The zero-order valence-electron chi connectivity index (χ0n) is 16.5. The van der Waals surface area contributed by atoms with Crippen molar-refractivity contribution >= 4 is 28.8 Å². The molecule has 0 spiro atoms. The average molecular weight is 424 g/mol. The minimum Gasteiger partial charge on any atom is -0.497 e. The third-order valence-corrected chi connectivity index (χ3v) is 5.08. The first-order valence-corrected chi connectivity index (χ1v) is 9.59. The summed E-state index contributed by atoms with van der Waals surface area (Å²) in [5.41, 5.74) is 1.77. The third-order valence-electron chi connectivity index (χ3n) is 4.72. The fourth-order valence-corrected chi connectivity index (χ4v) is 3.60. The number of methoxy groups -OCH3 is 1. The molecule has 0 bridgehead atoms. The predicted molar refractivity (Wildman–Crippen MR) is 112 cm³/mol. The number of pyridine rings is 1. The molecule has 0 radical (unpaired) electrons. The molecule has 0 unspecified atom stereocenters. The molecular formula is C20H23F3N4OS. The summed E-state index contributed by atoms with van der Waals surface area (Å²) in [6, 6.07) is 7.70. The van der Waals surface area contributed by atoms with Gasteiger partial charge in [-0.2, -0.15) is 13.2 Å². The molecule has 1 saturated heterocycles. The Balaban J connectivity index is 1.66. The van der Waals surface area contributed by atoms with Crippen LogP contribution in [0.1, 0.15) is 16.8 Å². The summed E-state index contributed by atoms with van der Waals surface area (Å²) in [5, 5.41) is 3.71. The number of hydrogen-bond acceptors (Lipinski definition) is 4. The van der Waals surface area contributed by atoms with Crippen molar-refractivity contribution in [3.63, 3.8) is 0 Å². The van der Waals surface area contributed by atoms with Crippen LogP contribution in [0.4, 0.5) is 24.7 Å². The molecule has 29 heavy (non-hydrogen) atoms. The topological polar surface area (TPSA) is 40.6 Å². The Morgan fingerprint density at radius 3 is 2.34 bits per heavy atom. The Kier molecular flexibility index (Phi) is 6.16. The molecule has 2 aromatic rings. The highest BCUT2D eigenvalue weighted by molar-refractivity contribution is 7.80. The number of hydrogen-bond donors (Lipinski definition) is 1. The van der Waals surface area contributed by atoms with Gasteiger partial charge >= 0.3 is 6.18 Å². The lowest BCUT2D eigenvalue weighted by molar-refractivity contribution is -0.137. The van der Waals surface area contributed by atoms with Crippen LogP contribution in [-0.4, -0.2) is 48.3 Å². The zero-order valence-corrected chi connectivity index (χ0v) is 17.3. The maximum Gasteiger partial charge on any atom is 0.416 e. The van der Waals surface area contributed by atoms with Crippen molar-refractivity contribution in [2.75, 3.05) is 43.5 Å². The Bertz CT molecular complexity index is 876. The van der Waals surface area contributed by atoms with Crippen LogP contribution < -0.4 is 15.0 Å². The van der Waals surface area contributed by atoms with Crippen LogP contribution in [0.5, 0.6) is 5.75 Å². The SMILES string of the molecule is COc1cc(N2CCN(C(=S)Nc3cc(C)cc(C)n3)CC2)cc(C(F)(F)F)c1. The van der Waals surface area contributed by atoms with Gasteiger partial charge in [0.25, 0.3) is 0 Å². The molecule has 0 atom stereocenters. The summed E-state index contributed by atoms with van der Waals surface area (Å²) in [5.74, 6) is 0.882. The number of aromatic nitrogens is 1. The fraction of sp³-hybridized carbons (Fsp3) is 0.400. The van der Waals surface area contributed by atoms with Gasteiger partial charge in [0.1, 0.15) is 11.6 Å². The maximum atomic E-state index is 13.2. The minimum atomic E-state index is -4.42. The smallest absolute Gasteiger partial charge is 0.416 e. The number of halogens is 3. The molecule has 1 aromatic heterocycles. The Labute approximate surface area is 173 Å². The van der Waals surface area contributed by atoms with Crippen molar-refractivity contribution in [3.8, 4) is 5.75 Å². The van der Waals surface area contributed by atoms with Crippen molar-refractivity contribution in [1.29, 1.82) is 0 Å². The van der Waals surface area contributed by atoms with Gasteiger partial charge in [0, 0.05) is 43.6 Å². The highest BCUT2D eigenvalue weighted by Gasteiger charge is 2.32. The molecule has 0 aliphatic carbocycles. The molecule has 1 aliphatic rings. The van der Waals surface area contributed by atoms with E-state index in [4.69, 9.17) is 17.0 Å². The van der Waals surface area contributed by atoms with Crippen LogP contribution in [0.15, 0.2) is 30.3 Å². The van der Waals surface area contributed by atoms with Gasteiger partial charge in [-0.15, -0.1) is 0 Å². The van der Waals surface area contributed by atoms with Gasteiger partial charge in [-0.25, -0.2) is 4.98 Å². The van der Waals surface area contributed by atoms with E-state index < -0.39 is 11.7 Å². The van der Waals surface area contributed by atoms with Crippen LogP contribution in [0.2, 0.25) is 0 Å². The number of nitrogens with one attached hydrogen (secondary N) is 1. The minimum absolute atomic E-state index is 0.190. The molecule has 0 saturated carbocycles. The van der Waals surface area contributed by atoms with Gasteiger partial charge in [-0.05, 0) is 55.9 Å². The summed E-state index contributed by atoms with van der Waals surface area (Å²) in [6.45, 7) is 6.19. The molecule has 1 aromatic carbocycles. The highest BCUT2D eigenvalue weighted by Crippen LogP contribution is 2.35. The average Bonchev–Trinajstić information content (AvgIpc) is 2.66.